The van der Waals surface area contributed by atoms with Crippen LogP contribution in [0.25, 0.3) is 0 Å². The Morgan fingerprint density at radius 1 is 1.39 bits per heavy atom. The molecule has 1 fully saturated rings. The lowest BCUT2D eigenvalue weighted by Gasteiger charge is -2.11. The Bertz CT molecular complexity index is 572. The summed E-state index contributed by atoms with van der Waals surface area (Å²) >= 11 is 0. The van der Waals surface area contributed by atoms with Crippen LogP contribution in [0.4, 0.5) is 0 Å². The maximum absolute atomic E-state index is 11.9. The van der Waals surface area contributed by atoms with Crippen molar-refractivity contribution >= 4 is 11.9 Å². The van der Waals surface area contributed by atoms with Crippen LogP contribution < -0.4 is 10.1 Å². The number of carboxylic acids is 1. The molecule has 0 aromatic heterocycles. The molecule has 0 unspecified atom stereocenters. The number of methoxy groups -OCH3 is 1. The zero-order valence-corrected chi connectivity index (χ0v) is 13.5. The molecule has 6 heteroatoms. The van der Waals surface area contributed by atoms with Gasteiger partial charge in [-0.1, -0.05) is 6.07 Å². The van der Waals surface area contributed by atoms with Crippen molar-refractivity contribution in [3.8, 4) is 5.75 Å². The number of nitrogens with one attached hydrogen (secondary N) is 1. The van der Waals surface area contributed by atoms with Gasteiger partial charge in [0.1, 0.15) is 11.3 Å². The summed E-state index contributed by atoms with van der Waals surface area (Å²) in [6, 6.07) is 4.86. The number of benzene rings is 1. The lowest BCUT2D eigenvalue weighted by molar-refractivity contribution is -0.122. The van der Waals surface area contributed by atoms with Crippen LogP contribution in [0.5, 0.6) is 5.75 Å². The van der Waals surface area contributed by atoms with Gasteiger partial charge in [0.25, 0.3) is 0 Å². The van der Waals surface area contributed by atoms with Crippen molar-refractivity contribution in [1.82, 2.24) is 5.32 Å². The number of amides is 1. The molecular formula is C17H23NO5. The highest BCUT2D eigenvalue weighted by atomic mass is 16.5. The van der Waals surface area contributed by atoms with Crippen molar-refractivity contribution in [2.24, 2.45) is 0 Å². The minimum Gasteiger partial charge on any atom is -0.496 e. The smallest absolute Gasteiger partial charge is 0.339 e. The Morgan fingerprint density at radius 3 is 2.78 bits per heavy atom. The Kier molecular flexibility index (Phi) is 5.98. The molecule has 1 saturated heterocycles. The molecule has 1 heterocycles. The molecule has 23 heavy (non-hydrogen) atoms. The number of ether oxygens (including phenoxy) is 2. The van der Waals surface area contributed by atoms with E-state index in [-0.39, 0.29) is 23.7 Å². The van der Waals surface area contributed by atoms with Crippen LogP contribution in [0.15, 0.2) is 18.2 Å². The molecule has 2 atom stereocenters. The molecule has 0 saturated carbocycles. The zero-order chi connectivity index (χ0) is 16.8. The number of rotatable bonds is 7. The van der Waals surface area contributed by atoms with E-state index in [2.05, 4.69) is 5.32 Å². The van der Waals surface area contributed by atoms with Crippen molar-refractivity contribution in [2.75, 3.05) is 7.11 Å². The number of carbonyl (C=O) groups excluding carboxylic acids is 1. The van der Waals surface area contributed by atoms with Gasteiger partial charge < -0.3 is 19.9 Å². The van der Waals surface area contributed by atoms with Gasteiger partial charge in [0, 0.05) is 13.0 Å². The second-order valence-corrected chi connectivity index (χ2v) is 5.80. The van der Waals surface area contributed by atoms with Crippen LogP contribution in [-0.2, 0) is 16.1 Å². The fourth-order valence-electron chi connectivity index (χ4n) is 2.71. The van der Waals surface area contributed by atoms with Crippen LogP contribution in [0.1, 0.15) is 48.5 Å². The third kappa shape index (κ3) is 4.96. The van der Waals surface area contributed by atoms with E-state index in [1.54, 1.807) is 12.1 Å². The monoisotopic (exact) mass is 321 g/mol. The highest BCUT2D eigenvalue weighted by Crippen LogP contribution is 2.22. The molecule has 126 valence electrons. The number of hydrogen-bond acceptors (Lipinski definition) is 4. The molecular weight excluding hydrogens is 298 g/mol. The normalized spacial score (nSPS) is 20.3. The maximum Gasteiger partial charge on any atom is 0.339 e. The summed E-state index contributed by atoms with van der Waals surface area (Å²) in [5.74, 6) is -0.802. The lowest BCUT2D eigenvalue weighted by Crippen LogP contribution is -2.24. The predicted molar refractivity (Wildman–Crippen MR) is 84.6 cm³/mol. The summed E-state index contributed by atoms with van der Waals surface area (Å²) in [6.45, 7) is 2.34. The minimum atomic E-state index is -1.05. The first kappa shape index (κ1) is 17.3. The Balaban J connectivity index is 1.82. The zero-order valence-electron chi connectivity index (χ0n) is 13.5. The standard InChI is InChI=1S/C17H23NO5/c1-11-3-5-13(23-11)6-8-16(19)18-10-12-4-7-15(22-2)14(9-12)17(20)21/h4,7,9,11,13H,3,5-6,8,10H2,1-2H3,(H,18,19)(H,20,21)/t11-,13+/m1/s1. The fraction of sp³-hybridized carbons (Fsp3) is 0.529. The molecule has 1 aliphatic rings. The predicted octanol–water partition coefficient (Wildman–Crippen LogP) is 2.36. The molecule has 2 rings (SSSR count). The van der Waals surface area contributed by atoms with Gasteiger partial charge >= 0.3 is 5.97 Å². The van der Waals surface area contributed by atoms with Crippen LogP contribution in [0.2, 0.25) is 0 Å². The second-order valence-electron chi connectivity index (χ2n) is 5.80. The van der Waals surface area contributed by atoms with E-state index in [1.165, 1.54) is 13.2 Å². The average Bonchev–Trinajstić information content (AvgIpc) is 2.96. The van der Waals surface area contributed by atoms with E-state index in [0.29, 0.717) is 18.7 Å². The lowest BCUT2D eigenvalue weighted by atomic mass is 10.1. The van der Waals surface area contributed by atoms with Gasteiger partial charge in [-0.3, -0.25) is 4.79 Å². The highest BCUT2D eigenvalue weighted by Gasteiger charge is 2.22. The van der Waals surface area contributed by atoms with Crippen LogP contribution in [-0.4, -0.2) is 36.3 Å². The molecule has 1 amide bonds. The molecule has 0 bridgehead atoms. The number of carbonyl (C=O) groups is 2. The Hall–Kier alpha value is -2.08. The van der Waals surface area contributed by atoms with Crippen molar-refractivity contribution < 1.29 is 24.2 Å². The van der Waals surface area contributed by atoms with E-state index in [1.807, 2.05) is 6.92 Å². The number of aromatic carboxylic acids is 1. The van der Waals surface area contributed by atoms with Gasteiger partial charge in [-0.05, 0) is 43.9 Å². The highest BCUT2D eigenvalue weighted by molar-refractivity contribution is 5.91. The summed E-state index contributed by atoms with van der Waals surface area (Å²) in [5, 5.41) is 12.0. The molecule has 1 aromatic carbocycles. The fourth-order valence-corrected chi connectivity index (χ4v) is 2.71. The largest absolute Gasteiger partial charge is 0.496 e. The van der Waals surface area contributed by atoms with Crippen molar-refractivity contribution in [3.63, 3.8) is 0 Å². The van der Waals surface area contributed by atoms with E-state index < -0.39 is 5.97 Å². The van der Waals surface area contributed by atoms with Crippen molar-refractivity contribution in [3.05, 3.63) is 29.3 Å². The molecule has 0 aliphatic carbocycles. The number of carboxylic acid groups (broad SMARTS) is 1. The third-order valence-corrected chi connectivity index (χ3v) is 4.00. The quantitative estimate of drug-likeness (QED) is 0.805. The summed E-state index contributed by atoms with van der Waals surface area (Å²) in [7, 11) is 1.43. The van der Waals surface area contributed by atoms with Gasteiger partial charge in [0.05, 0.1) is 19.3 Å². The minimum absolute atomic E-state index is 0.0548. The van der Waals surface area contributed by atoms with E-state index in [4.69, 9.17) is 14.6 Å². The third-order valence-electron chi connectivity index (χ3n) is 4.00. The first-order chi connectivity index (χ1) is 11.0. The van der Waals surface area contributed by atoms with Gasteiger partial charge in [-0.2, -0.15) is 0 Å². The first-order valence-electron chi connectivity index (χ1n) is 7.82. The summed E-state index contributed by atoms with van der Waals surface area (Å²) in [4.78, 5) is 23.1. The van der Waals surface area contributed by atoms with Crippen molar-refractivity contribution in [2.45, 2.75) is 51.4 Å². The molecule has 1 aromatic rings. The topological polar surface area (TPSA) is 84.9 Å². The number of hydrogen-bond donors (Lipinski definition) is 2. The summed E-state index contributed by atoms with van der Waals surface area (Å²) in [6.07, 6.45) is 3.66. The Labute approximate surface area is 135 Å². The molecule has 0 radical (unpaired) electrons. The molecule has 2 N–H and O–H groups in total. The van der Waals surface area contributed by atoms with Crippen LogP contribution in [0.3, 0.4) is 0 Å². The van der Waals surface area contributed by atoms with E-state index >= 15 is 0 Å². The van der Waals surface area contributed by atoms with Crippen LogP contribution in [0, 0.1) is 0 Å². The van der Waals surface area contributed by atoms with Gasteiger partial charge in [-0.25, -0.2) is 4.79 Å². The molecule has 1 aliphatic heterocycles. The van der Waals surface area contributed by atoms with Crippen molar-refractivity contribution in [1.29, 1.82) is 0 Å². The van der Waals surface area contributed by atoms with E-state index in [9.17, 15) is 9.59 Å². The Morgan fingerprint density at radius 2 is 2.17 bits per heavy atom. The summed E-state index contributed by atoms with van der Waals surface area (Å²) < 4.78 is 10.7. The first-order valence-corrected chi connectivity index (χ1v) is 7.82. The van der Waals surface area contributed by atoms with Crippen LogP contribution >= 0.6 is 0 Å². The average molecular weight is 321 g/mol. The molecule has 6 nitrogen and oxygen atoms in total. The molecule has 0 spiro atoms. The second kappa shape index (κ2) is 7.97. The SMILES string of the molecule is COc1ccc(CNC(=O)CC[C@@H]2CC[C@@H](C)O2)cc1C(=O)O. The maximum atomic E-state index is 11.9. The van der Waals surface area contributed by atoms with Gasteiger partial charge in [0.2, 0.25) is 5.91 Å². The van der Waals surface area contributed by atoms with Gasteiger partial charge in [0.15, 0.2) is 0 Å². The summed E-state index contributed by atoms with van der Waals surface area (Å²) in [5.41, 5.74) is 0.815. The van der Waals surface area contributed by atoms with E-state index in [0.717, 1.165) is 24.8 Å². The van der Waals surface area contributed by atoms with Gasteiger partial charge in [-0.15, -0.1) is 0 Å².